The van der Waals surface area contributed by atoms with E-state index in [1.807, 2.05) is 6.92 Å². The monoisotopic (exact) mass is 277 g/mol. The van der Waals surface area contributed by atoms with E-state index in [9.17, 15) is 26.3 Å². The predicted octanol–water partition coefficient (Wildman–Crippen LogP) is 3.85. The Kier molecular flexibility index (Phi) is 4.91. The molecule has 0 unspecified atom stereocenters. The minimum absolute atomic E-state index is 0.145. The summed E-state index contributed by atoms with van der Waals surface area (Å²) in [6.07, 6.45) is -9.50. The van der Waals surface area contributed by atoms with Crippen molar-refractivity contribution in [2.24, 2.45) is 11.8 Å². The van der Waals surface area contributed by atoms with Gasteiger partial charge in [0, 0.05) is 6.54 Å². The van der Waals surface area contributed by atoms with Crippen LogP contribution in [0.1, 0.15) is 26.2 Å². The Balaban J connectivity index is 2.52. The first-order chi connectivity index (χ1) is 8.10. The molecule has 0 spiro atoms. The molecule has 1 saturated heterocycles. The van der Waals surface area contributed by atoms with Gasteiger partial charge in [0.1, 0.15) is 0 Å². The molecule has 1 fully saturated rings. The first kappa shape index (κ1) is 15.6. The second-order valence-electron chi connectivity index (χ2n) is 4.97. The van der Waals surface area contributed by atoms with E-state index < -0.39 is 24.7 Å². The van der Waals surface area contributed by atoms with Gasteiger partial charge >= 0.3 is 12.4 Å². The zero-order valence-electron chi connectivity index (χ0n) is 10.1. The summed E-state index contributed by atoms with van der Waals surface area (Å²) in [5.74, 6) is -2.86. The number of piperidine rings is 1. The largest absolute Gasteiger partial charge is 0.400 e. The van der Waals surface area contributed by atoms with Crippen LogP contribution in [-0.4, -0.2) is 36.9 Å². The molecule has 0 N–H and O–H groups in total. The molecule has 0 amide bonds. The van der Waals surface area contributed by atoms with Crippen LogP contribution in [0.25, 0.3) is 0 Å². The van der Waals surface area contributed by atoms with Crippen molar-refractivity contribution < 1.29 is 26.3 Å². The Morgan fingerprint density at radius 1 is 1.11 bits per heavy atom. The number of likely N-dealkylation sites (tertiary alicyclic amines) is 1. The summed E-state index contributed by atoms with van der Waals surface area (Å²) in [5, 5.41) is 0. The number of rotatable bonds is 3. The van der Waals surface area contributed by atoms with E-state index in [4.69, 9.17) is 0 Å². The predicted molar refractivity (Wildman–Crippen MR) is 55.1 cm³/mol. The van der Waals surface area contributed by atoms with Crippen LogP contribution in [0.2, 0.25) is 0 Å². The van der Waals surface area contributed by atoms with E-state index in [0.29, 0.717) is 19.0 Å². The lowest BCUT2D eigenvalue weighted by Gasteiger charge is -2.32. The second-order valence-corrected chi connectivity index (χ2v) is 4.97. The molecule has 0 aromatic heterocycles. The highest BCUT2D eigenvalue weighted by molar-refractivity contribution is 4.78. The van der Waals surface area contributed by atoms with Gasteiger partial charge in [0.05, 0.1) is 0 Å². The fraction of sp³-hybridized carbons (Fsp3) is 1.00. The highest BCUT2D eigenvalue weighted by Gasteiger charge is 2.56. The van der Waals surface area contributed by atoms with Gasteiger partial charge in [-0.05, 0) is 38.3 Å². The fourth-order valence-electron chi connectivity index (χ4n) is 2.31. The van der Waals surface area contributed by atoms with Gasteiger partial charge in [-0.25, -0.2) is 0 Å². The number of hydrogen-bond acceptors (Lipinski definition) is 1. The lowest BCUT2D eigenvalue weighted by atomic mass is 9.98. The van der Waals surface area contributed by atoms with E-state index in [0.717, 1.165) is 12.8 Å². The Bertz CT molecular complexity index is 245. The molecule has 0 aliphatic carbocycles. The molecule has 1 atom stereocenters. The maximum atomic E-state index is 12.3. The van der Waals surface area contributed by atoms with Gasteiger partial charge in [-0.3, -0.25) is 0 Å². The summed E-state index contributed by atoms with van der Waals surface area (Å²) >= 11 is 0. The molecular formula is C11H17F6N. The first-order valence-corrected chi connectivity index (χ1v) is 5.96. The van der Waals surface area contributed by atoms with E-state index in [-0.39, 0.29) is 6.54 Å². The van der Waals surface area contributed by atoms with Crippen LogP contribution in [0.3, 0.4) is 0 Å². The minimum Gasteiger partial charge on any atom is -0.303 e. The van der Waals surface area contributed by atoms with Crippen LogP contribution in [0, 0.1) is 11.8 Å². The average Bonchev–Trinajstić information content (AvgIpc) is 2.13. The van der Waals surface area contributed by atoms with Crippen molar-refractivity contribution in [2.45, 2.75) is 38.5 Å². The highest BCUT2D eigenvalue weighted by atomic mass is 19.4. The standard InChI is InChI=1S/C11H17F6N/c1-8-3-2-5-18(7-8)6-4-9(10(12,13)14)11(15,16)17/h8-9H,2-7H2,1H3/t8-/m0/s1. The summed E-state index contributed by atoms with van der Waals surface area (Å²) in [4.78, 5) is 1.69. The van der Waals surface area contributed by atoms with Gasteiger partial charge in [-0.1, -0.05) is 6.92 Å². The van der Waals surface area contributed by atoms with Gasteiger partial charge < -0.3 is 4.90 Å². The van der Waals surface area contributed by atoms with Gasteiger partial charge in [0.25, 0.3) is 0 Å². The van der Waals surface area contributed by atoms with Gasteiger partial charge in [0.15, 0.2) is 5.92 Å². The van der Waals surface area contributed by atoms with Crippen LogP contribution in [0.5, 0.6) is 0 Å². The zero-order chi connectivity index (χ0) is 14.0. The lowest BCUT2D eigenvalue weighted by molar-refractivity contribution is -0.286. The Morgan fingerprint density at radius 2 is 1.67 bits per heavy atom. The topological polar surface area (TPSA) is 3.24 Å². The summed E-state index contributed by atoms with van der Waals surface area (Å²) in [7, 11) is 0. The van der Waals surface area contributed by atoms with Crippen molar-refractivity contribution in [3.63, 3.8) is 0 Å². The molecule has 108 valence electrons. The molecule has 0 aromatic rings. The number of nitrogens with zero attached hydrogens (tertiary/aromatic N) is 1. The van der Waals surface area contributed by atoms with Crippen molar-refractivity contribution in [3.05, 3.63) is 0 Å². The molecule has 1 aliphatic heterocycles. The summed E-state index contributed by atoms with van der Waals surface area (Å²) < 4.78 is 73.9. The number of halogens is 6. The zero-order valence-corrected chi connectivity index (χ0v) is 10.1. The molecule has 18 heavy (non-hydrogen) atoms. The summed E-state index contributed by atoms with van der Waals surface area (Å²) in [6.45, 7) is 2.99. The molecular weight excluding hydrogens is 260 g/mol. The van der Waals surface area contributed by atoms with Crippen LogP contribution >= 0.6 is 0 Å². The normalized spacial score (nSPS) is 23.7. The van der Waals surface area contributed by atoms with Crippen molar-refractivity contribution >= 4 is 0 Å². The molecule has 1 heterocycles. The number of hydrogen-bond donors (Lipinski definition) is 0. The average molecular weight is 277 g/mol. The minimum atomic E-state index is -5.21. The van der Waals surface area contributed by atoms with Crippen LogP contribution in [0.15, 0.2) is 0 Å². The molecule has 0 saturated carbocycles. The first-order valence-electron chi connectivity index (χ1n) is 5.96. The highest BCUT2D eigenvalue weighted by Crippen LogP contribution is 2.41. The third-order valence-corrected chi connectivity index (χ3v) is 3.27. The fourth-order valence-corrected chi connectivity index (χ4v) is 2.31. The van der Waals surface area contributed by atoms with Crippen molar-refractivity contribution in [1.29, 1.82) is 0 Å². The molecule has 1 rings (SSSR count). The third-order valence-electron chi connectivity index (χ3n) is 3.27. The quantitative estimate of drug-likeness (QED) is 0.708. The van der Waals surface area contributed by atoms with Gasteiger partial charge in [-0.15, -0.1) is 0 Å². The van der Waals surface area contributed by atoms with Gasteiger partial charge in [0.2, 0.25) is 0 Å². The van der Waals surface area contributed by atoms with E-state index >= 15 is 0 Å². The van der Waals surface area contributed by atoms with Crippen molar-refractivity contribution in [2.75, 3.05) is 19.6 Å². The molecule has 0 aromatic carbocycles. The Morgan fingerprint density at radius 3 is 2.11 bits per heavy atom. The lowest BCUT2D eigenvalue weighted by Crippen LogP contribution is -2.41. The summed E-state index contributed by atoms with van der Waals surface area (Å²) in [5.41, 5.74) is 0. The SMILES string of the molecule is C[C@H]1CCCN(CCC(C(F)(F)F)C(F)(F)F)C1. The molecule has 1 nitrogen and oxygen atoms in total. The maximum absolute atomic E-state index is 12.3. The van der Waals surface area contributed by atoms with Crippen LogP contribution < -0.4 is 0 Å². The van der Waals surface area contributed by atoms with E-state index in [2.05, 4.69) is 0 Å². The third kappa shape index (κ3) is 4.66. The smallest absolute Gasteiger partial charge is 0.303 e. The Hall–Kier alpha value is -0.460. The molecule has 0 radical (unpaired) electrons. The van der Waals surface area contributed by atoms with E-state index in [1.54, 1.807) is 4.90 Å². The molecule has 0 bridgehead atoms. The van der Waals surface area contributed by atoms with Crippen LogP contribution in [0.4, 0.5) is 26.3 Å². The van der Waals surface area contributed by atoms with Gasteiger partial charge in [-0.2, -0.15) is 26.3 Å². The molecule has 7 heteroatoms. The maximum Gasteiger partial charge on any atom is 0.400 e. The summed E-state index contributed by atoms with van der Waals surface area (Å²) in [6, 6.07) is 0. The molecule has 1 aliphatic rings. The Labute approximate surface area is 102 Å². The van der Waals surface area contributed by atoms with Crippen molar-refractivity contribution in [3.8, 4) is 0 Å². The second kappa shape index (κ2) is 5.67. The number of alkyl halides is 6. The van der Waals surface area contributed by atoms with E-state index in [1.165, 1.54) is 0 Å². The van der Waals surface area contributed by atoms with Crippen LogP contribution in [-0.2, 0) is 0 Å². The van der Waals surface area contributed by atoms with Crippen molar-refractivity contribution in [1.82, 2.24) is 4.90 Å².